The number of hydrogen-bond donors (Lipinski definition) is 2. The lowest BCUT2D eigenvalue weighted by molar-refractivity contribution is -0.115. The van der Waals surface area contributed by atoms with Crippen LogP contribution in [-0.2, 0) is 18.3 Å². The van der Waals surface area contributed by atoms with Crippen LogP contribution < -0.4 is 10.6 Å². The molecule has 0 atom stereocenters. The number of nitrogens with zero attached hydrogens (tertiary/aromatic N) is 2. The number of carbonyl (C=O) groups excluding carboxylic acids is 1. The number of anilines is 1. The summed E-state index contributed by atoms with van der Waals surface area (Å²) in [6.45, 7) is 1.01. The molecule has 106 valence electrons. The molecule has 0 bridgehead atoms. The molecule has 6 heteroatoms. The lowest BCUT2D eigenvalue weighted by Crippen LogP contribution is -2.29. The van der Waals surface area contributed by atoms with Crippen molar-refractivity contribution in [1.82, 2.24) is 15.1 Å². The molecule has 20 heavy (non-hydrogen) atoms. The zero-order chi connectivity index (χ0) is 14.4. The molecule has 2 N–H and O–H groups in total. The average molecular weight is 293 g/mol. The van der Waals surface area contributed by atoms with Crippen molar-refractivity contribution in [3.63, 3.8) is 0 Å². The highest BCUT2D eigenvalue weighted by molar-refractivity contribution is 6.30. The number of aromatic nitrogens is 2. The number of rotatable bonds is 6. The standard InChI is InChI=1S/C14H17ClN4O/c1-19-13(7-9-17-19)6-8-16-10-14(20)18-12-4-2-11(15)3-5-12/h2-5,7,9,16H,6,8,10H2,1H3,(H,18,20). The van der Waals surface area contributed by atoms with E-state index in [9.17, 15) is 4.79 Å². The third-order valence-corrected chi connectivity index (χ3v) is 3.15. The summed E-state index contributed by atoms with van der Waals surface area (Å²) in [5.74, 6) is -0.0719. The second kappa shape index (κ2) is 7.07. The molecule has 0 aliphatic carbocycles. The van der Waals surface area contributed by atoms with Crippen LogP contribution in [0.2, 0.25) is 5.02 Å². The molecule has 0 aliphatic heterocycles. The predicted molar refractivity (Wildman–Crippen MR) is 79.9 cm³/mol. The van der Waals surface area contributed by atoms with E-state index in [2.05, 4.69) is 15.7 Å². The number of nitrogens with one attached hydrogen (secondary N) is 2. The predicted octanol–water partition coefficient (Wildman–Crippen LogP) is 1.84. The number of hydrogen-bond acceptors (Lipinski definition) is 3. The van der Waals surface area contributed by atoms with Gasteiger partial charge in [-0.3, -0.25) is 9.48 Å². The minimum Gasteiger partial charge on any atom is -0.325 e. The Hall–Kier alpha value is -1.85. The molecule has 1 aromatic carbocycles. The lowest BCUT2D eigenvalue weighted by atomic mass is 10.3. The van der Waals surface area contributed by atoms with Gasteiger partial charge in [-0.25, -0.2) is 0 Å². The normalized spacial score (nSPS) is 10.5. The lowest BCUT2D eigenvalue weighted by Gasteiger charge is -2.07. The van der Waals surface area contributed by atoms with Gasteiger partial charge >= 0.3 is 0 Å². The summed E-state index contributed by atoms with van der Waals surface area (Å²) in [5, 5.41) is 10.6. The maximum atomic E-state index is 11.7. The van der Waals surface area contributed by atoms with Crippen LogP contribution in [0.5, 0.6) is 0 Å². The first kappa shape index (κ1) is 14.6. The van der Waals surface area contributed by atoms with Gasteiger partial charge in [-0.1, -0.05) is 11.6 Å². The molecule has 0 saturated carbocycles. The Bertz CT molecular complexity index is 565. The van der Waals surface area contributed by atoms with E-state index in [0.29, 0.717) is 5.02 Å². The Morgan fingerprint density at radius 2 is 2.05 bits per heavy atom. The van der Waals surface area contributed by atoms with E-state index in [4.69, 9.17) is 11.6 Å². The molecule has 2 rings (SSSR count). The molecular weight excluding hydrogens is 276 g/mol. The second-order valence-corrected chi connectivity index (χ2v) is 4.86. The van der Waals surface area contributed by atoms with Crippen molar-refractivity contribution in [2.24, 2.45) is 7.05 Å². The number of amides is 1. The molecule has 2 aromatic rings. The quantitative estimate of drug-likeness (QED) is 0.799. The van der Waals surface area contributed by atoms with E-state index in [1.165, 1.54) is 0 Å². The SMILES string of the molecule is Cn1nccc1CCNCC(=O)Nc1ccc(Cl)cc1. The Labute approximate surface area is 122 Å². The Morgan fingerprint density at radius 1 is 1.30 bits per heavy atom. The first-order valence-corrected chi connectivity index (χ1v) is 6.76. The summed E-state index contributed by atoms with van der Waals surface area (Å²) in [6, 6.07) is 9.00. The zero-order valence-corrected chi connectivity index (χ0v) is 12.0. The van der Waals surface area contributed by atoms with Crippen LogP contribution >= 0.6 is 11.6 Å². The summed E-state index contributed by atoms with van der Waals surface area (Å²) in [6.07, 6.45) is 2.60. The molecule has 1 amide bonds. The van der Waals surface area contributed by atoms with Gasteiger partial charge in [0.05, 0.1) is 6.54 Å². The molecule has 0 fully saturated rings. The van der Waals surface area contributed by atoms with Crippen molar-refractivity contribution in [3.8, 4) is 0 Å². The summed E-state index contributed by atoms with van der Waals surface area (Å²) >= 11 is 5.78. The van der Waals surface area contributed by atoms with Crippen molar-refractivity contribution >= 4 is 23.2 Å². The molecule has 5 nitrogen and oxygen atoms in total. The zero-order valence-electron chi connectivity index (χ0n) is 11.3. The highest BCUT2D eigenvalue weighted by Gasteiger charge is 2.02. The van der Waals surface area contributed by atoms with Gasteiger partial charge in [0.2, 0.25) is 5.91 Å². The molecule has 0 radical (unpaired) electrons. The fourth-order valence-corrected chi connectivity index (χ4v) is 1.93. The Kier molecular flexibility index (Phi) is 5.15. The second-order valence-electron chi connectivity index (χ2n) is 4.43. The van der Waals surface area contributed by atoms with Crippen LogP contribution in [0.4, 0.5) is 5.69 Å². The fraction of sp³-hybridized carbons (Fsp3) is 0.286. The van der Waals surface area contributed by atoms with Gasteiger partial charge in [-0.15, -0.1) is 0 Å². The smallest absolute Gasteiger partial charge is 0.238 e. The van der Waals surface area contributed by atoms with E-state index in [-0.39, 0.29) is 12.5 Å². The number of benzene rings is 1. The van der Waals surface area contributed by atoms with Gasteiger partial charge in [0, 0.05) is 42.6 Å². The van der Waals surface area contributed by atoms with Crippen LogP contribution in [0.3, 0.4) is 0 Å². The molecular formula is C14H17ClN4O. The highest BCUT2D eigenvalue weighted by atomic mass is 35.5. The first-order chi connectivity index (χ1) is 9.65. The van der Waals surface area contributed by atoms with E-state index >= 15 is 0 Å². The topological polar surface area (TPSA) is 59.0 Å². The number of aryl methyl sites for hydroxylation is 1. The van der Waals surface area contributed by atoms with Crippen molar-refractivity contribution in [2.45, 2.75) is 6.42 Å². The van der Waals surface area contributed by atoms with E-state index < -0.39 is 0 Å². The largest absolute Gasteiger partial charge is 0.325 e. The van der Waals surface area contributed by atoms with E-state index in [1.54, 1.807) is 30.5 Å². The first-order valence-electron chi connectivity index (χ1n) is 6.38. The van der Waals surface area contributed by atoms with Crippen LogP contribution in [0.15, 0.2) is 36.5 Å². The molecule has 0 saturated heterocycles. The van der Waals surface area contributed by atoms with E-state index in [1.807, 2.05) is 17.8 Å². The van der Waals surface area contributed by atoms with Gasteiger partial charge in [0.15, 0.2) is 0 Å². The molecule has 0 unspecified atom stereocenters. The van der Waals surface area contributed by atoms with Crippen LogP contribution in [0.1, 0.15) is 5.69 Å². The third-order valence-electron chi connectivity index (χ3n) is 2.89. The monoisotopic (exact) mass is 292 g/mol. The van der Waals surface area contributed by atoms with Crippen molar-refractivity contribution in [1.29, 1.82) is 0 Å². The van der Waals surface area contributed by atoms with Gasteiger partial charge in [-0.2, -0.15) is 5.10 Å². The summed E-state index contributed by atoms with van der Waals surface area (Å²) in [7, 11) is 1.91. The van der Waals surface area contributed by atoms with Crippen molar-refractivity contribution in [2.75, 3.05) is 18.4 Å². The maximum absolute atomic E-state index is 11.7. The van der Waals surface area contributed by atoms with Crippen molar-refractivity contribution < 1.29 is 4.79 Å². The number of halogens is 1. The minimum absolute atomic E-state index is 0.0719. The summed E-state index contributed by atoms with van der Waals surface area (Å²) in [5.41, 5.74) is 1.88. The highest BCUT2D eigenvalue weighted by Crippen LogP contribution is 2.12. The van der Waals surface area contributed by atoms with Crippen LogP contribution in [0.25, 0.3) is 0 Å². The Morgan fingerprint density at radius 3 is 2.70 bits per heavy atom. The minimum atomic E-state index is -0.0719. The van der Waals surface area contributed by atoms with Crippen LogP contribution in [0, 0.1) is 0 Å². The van der Waals surface area contributed by atoms with Gasteiger partial charge in [0.1, 0.15) is 0 Å². The third kappa shape index (κ3) is 4.36. The fourth-order valence-electron chi connectivity index (χ4n) is 1.80. The van der Waals surface area contributed by atoms with E-state index in [0.717, 1.165) is 24.3 Å². The molecule has 1 aromatic heterocycles. The summed E-state index contributed by atoms with van der Waals surface area (Å²) in [4.78, 5) is 11.7. The van der Waals surface area contributed by atoms with Crippen molar-refractivity contribution in [3.05, 3.63) is 47.2 Å². The molecule has 0 aliphatic rings. The average Bonchev–Trinajstić information content (AvgIpc) is 2.83. The molecule has 1 heterocycles. The van der Waals surface area contributed by atoms with Gasteiger partial charge < -0.3 is 10.6 Å². The maximum Gasteiger partial charge on any atom is 0.238 e. The number of carbonyl (C=O) groups is 1. The summed E-state index contributed by atoms with van der Waals surface area (Å²) < 4.78 is 1.83. The van der Waals surface area contributed by atoms with Gasteiger partial charge in [-0.05, 0) is 30.3 Å². The van der Waals surface area contributed by atoms with Crippen LogP contribution in [-0.4, -0.2) is 28.8 Å². The molecule has 0 spiro atoms. The van der Waals surface area contributed by atoms with Gasteiger partial charge in [0.25, 0.3) is 0 Å². The Balaban J connectivity index is 1.68.